The Kier molecular flexibility index (Phi) is 5.09. The molecule has 0 atom stereocenters. The maximum absolute atomic E-state index is 14.7. The first kappa shape index (κ1) is 18.6. The number of benzene rings is 1. The van der Waals surface area contributed by atoms with Gasteiger partial charge in [0.25, 0.3) is 0 Å². The van der Waals surface area contributed by atoms with Gasteiger partial charge in [0, 0.05) is 35.7 Å². The summed E-state index contributed by atoms with van der Waals surface area (Å²) in [5.41, 5.74) is 1.98. The van der Waals surface area contributed by atoms with Crippen molar-refractivity contribution < 1.29 is 9.18 Å². The van der Waals surface area contributed by atoms with Crippen LogP contribution in [0.1, 0.15) is 25.5 Å². The summed E-state index contributed by atoms with van der Waals surface area (Å²) >= 11 is 0. The minimum atomic E-state index is -0.302. The van der Waals surface area contributed by atoms with E-state index in [4.69, 9.17) is 0 Å². The molecule has 28 heavy (non-hydrogen) atoms. The highest BCUT2D eigenvalue weighted by Gasteiger charge is 2.22. The van der Waals surface area contributed by atoms with Gasteiger partial charge < -0.3 is 10.6 Å². The van der Waals surface area contributed by atoms with E-state index in [0.29, 0.717) is 17.8 Å². The molecule has 1 amide bonds. The highest BCUT2D eigenvalue weighted by atomic mass is 19.1. The largest absolute Gasteiger partial charge is 0.317 e. The molecule has 2 N–H and O–H groups in total. The van der Waals surface area contributed by atoms with Gasteiger partial charge in [0.2, 0.25) is 5.91 Å². The average molecular weight is 381 g/mol. The van der Waals surface area contributed by atoms with Gasteiger partial charge in [-0.3, -0.25) is 9.48 Å². The molecule has 1 aromatic carbocycles. The lowest BCUT2D eigenvalue weighted by atomic mass is 9.97. The van der Waals surface area contributed by atoms with Crippen molar-refractivity contribution in [3.8, 4) is 11.1 Å². The Morgan fingerprint density at radius 1 is 1.32 bits per heavy atom. The summed E-state index contributed by atoms with van der Waals surface area (Å²) in [7, 11) is 1.80. The second-order valence-corrected chi connectivity index (χ2v) is 7.28. The lowest BCUT2D eigenvalue weighted by molar-refractivity contribution is -0.120. The fourth-order valence-electron chi connectivity index (χ4n) is 3.77. The summed E-state index contributed by atoms with van der Waals surface area (Å²) in [4.78, 5) is 17.2. The molecule has 1 fully saturated rings. The van der Waals surface area contributed by atoms with Crippen LogP contribution in [-0.2, 0) is 18.3 Å². The average Bonchev–Trinajstić information content (AvgIpc) is 3.14. The van der Waals surface area contributed by atoms with Gasteiger partial charge in [0.1, 0.15) is 11.6 Å². The van der Waals surface area contributed by atoms with E-state index >= 15 is 0 Å². The van der Waals surface area contributed by atoms with Crippen LogP contribution in [0.2, 0.25) is 0 Å². The Hall–Kier alpha value is -2.80. The van der Waals surface area contributed by atoms with Crippen LogP contribution in [0.15, 0.2) is 30.6 Å². The molecule has 7 heteroatoms. The summed E-state index contributed by atoms with van der Waals surface area (Å²) in [5.74, 6) is 0.230. The number of anilines is 1. The van der Waals surface area contributed by atoms with Gasteiger partial charge in [-0.15, -0.1) is 0 Å². The lowest BCUT2D eigenvalue weighted by Crippen LogP contribution is -2.34. The predicted octanol–water partition coefficient (Wildman–Crippen LogP) is 3.27. The number of piperidine rings is 1. The van der Waals surface area contributed by atoms with Crippen molar-refractivity contribution in [3.63, 3.8) is 0 Å². The van der Waals surface area contributed by atoms with Crippen LogP contribution in [0.4, 0.5) is 10.2 Å². The van der Waals surface area contributed by atoms with Crippen molar-refractivity contribution in [1.29, 1.82) is 0 Å². The fraction of sp³-hybridized carbons (Fsp3) is 0.381. The monoisotopic (exact) mass is 381 g/mol. The fourth-order valence-corrected chi connectivity index (χ4v) is 3.77. The third-order valence-corrected chi connectivity index (χ3v) is 5.31. The van der Waals surface area contributed by atoms with E-state index in [9.17, 15) is 9.18 Å². The molecule has 2 aromatic heterocycles. The number of rotatable bonds is 4. The van der Waals surface area contributed by atoms with E-state index in [0.717, 1.165) is 48.0 Å². The lowest BCUT2D eigenvalue weighted by Gasteiger charge is -2.21. The summed E-state index contributed by atoms with van der Waals surface area (Å²) in [5, 5.41) is 12.0. The zero-order valence-electron chi connectivity index (χ0n) is 16.1. The number of carbonyl (C=O) groups excluding carboxylic acids is 1. The molecule has 4 rings (SSSR count). The van der Waals surface area contributed by atoms with E-state index in [1.807, 2.05) is 19.1 Å². The highest BCUT2D eigenvalue weighted by molar-refractivity contribution is 5.96. The number of pyridine rings is 1. The Bertz CT molecular complexity index is 1020. The smallest absolute Gasteiger partial charge is 0.228 e. The van der Waals surface area contributed by atoms with Crippen LogP contribution in [0, 0.1) is 11.7 Å². The van der Waals surface area contributed by atoms with Gasteiger partial charge in [-0.05, 0) is 55.9 Å². The van der Waals surface area contributed by atoms with Crippen LogP contribution in [-0.4, -0.2) is 33.8 Å². The Morgan fingerprint density at radius 2 is 2.11 bits per heavy atom. The van der Waals surface area contributed by atoms with Crippen LogP contribution in [0.25, 0.3) is 21.9 Å². The molecule has 1 aliphatic heterocycles. The van der Waals surface area contributed by atoms with Crippen molar-refractivity contribution in [1.82, 2.24) is 20.1 Å². The quantitative estimate of drug-likeness (QED) is 0.728. The molecule has 6 nitrogen and oxygen atoms in total. The molecule has 0 aliphatic carbocycles. The second kappa shape index (κ2) is 7.67. The summed E-state index contributed by atoms with van der Waals surface area (Å²) < 4.78 is 16.4. The summed E-state index contributed by atoms with van der Waals surface area (Å²) in [6.45, 7) is 3.70. The number of halogens is 1. The number of nitrogens with zero attached hydrogens (tertiary/aromatic N) is 3. The maximum Gasteiger partial charge on any atom is 0.228 e. The third-order valence-electron chi connectivity index (χ3n) is 5.31. The first-order valence-electron chi connectivity index (χ1n) is 9.69. The van der Waals surface area contributed by atoms with Crippen LogP contribution in [0.5, 0.6) is 0 Å². The van der Waals surface area contributed by atoms with Gasteiger partial charge in [-0.1, -0.05) is 6.92 Å². The first-order valence-corrected chi connectivity index (χ1v) is 9.69. The predicted molar refractivity (Wildman–Crippen MR) is 108 cm³/mol. The molecule has 0 saturated carbocycles. The molecule has 0 unspecified atom stereocenters. The number of hydrogen-bond acceptors (Lipinski definition) is 4. The number of fused-ring (bicyclic) bond motifs is 1. The SMILES string of the molecule is CCc1nc(NC(=O)C2CCNCC2)cc2cc(-c3cnn(C)c3)c(F)cc12. The van der Waals surface area contributed by atoms with Gasteiger partial charge in [0.05, 0.1) is 11.9 Å². The van der Waals surface area contributed by atoms with E-state index in [2.05, 4.69) is 20.7 Å². The van der Waals surface area contributed by atoms with Gasteiger partial charge in [-0.25, -0.2) is 9.37 Å². The molecular weight excluding hydrogens is 357 g/mol. The van der Waals surface area contributed by atoms with Gasteiger partial charge >= 0.3 is 0 Å². The zero-order chi connectivity index (χ0) is 19.7. The van der Waals surface area contributed by atoms with E-state index < -0.39 is 0 Å². The van der Waals surface area contributed by atoms with Crippen molar-refractivity contribution in [3.05, 3.63) is 42.1 Å². The molecule has 0 spiro atoms. The number of nitrogens with one attached hydrogen (secondary N) is 2. The third kappa shape index (κ3) is 3.62. The Labute approximate surface area is 163 Å². The van der Waals surface area contributed by atoms with Gasteiger partial charge in [-0.2, -0.15) is 5.10 Å². The van der Waals surface area contributed by atoms with Crippen LogP contribution < -0.4 is 10.6 Å². The zero-order valence-corrected chi connectivity index (χ0v) is 16.1. The number of aromatic nitrogens is 3. The summed E-state index contributed by atoms with van der Waals surface area (Å²) in [6, 6.07) is 5.16. The van der Waals surface area contributed by atoms with E-state index in [1.165, 1.54) is 6.07 Å². The molecule has 3 aromatic rings. The summed E-state index contributed by atoms with van der Waals surface area (Å²) in [6.07, 6.45) is 5.74. The Morgan fingerprint density at radius 3 is 2.79 bits per heavy atom. The van der Waals surface area contributed by atoms with Crippen LogP contribution in [0.3, 0.4) is 0 Å². The van der Waals surface area contributed by atoms with E-state index in [1.54, 1.807) is 24.1 Å². The molecule has 1 aliphatic rings. The number of amides is 1. The maximum atomic E-state index is 14.7. The molecule has 146 valence electrons. The Balaban J connectivity index is 1.72. The minimum absolute atomic E-state index is 0.00277. The first-order chi connectivity index (χ1) is 13.5. The second-order valence-electron chi connectivity index (χ2n) is 7.28. The molecule has 1 saturated heterocycles. The molecule has 3 heterocycles. The normalized spacial score (nSPS) is 15.1. The van der Waals surface area contributed by atoms with Crippen molar-refractivity contribution in [2.45, 2.75) is 26.2 Å². The van der Waals surface area contributed by atoms with Crippen molar-refractivity contribution >= 4 is 22.5 Å². The minimum Gasteiger partial charge on any atom is -0.317 e. The topological polar surface area (TPSA) is 71.8 Å². The number of carbonyl (C=O) groups is 1. The molecular formula is C21H24FN5O. The number of aryl methyl sites for hydroxylation is 2. The van der Waals surface area contributed by atoms with Gasteiger partial charge in [0.15, 0.2) is 0 Å². The standard InChI is InChI=1S/C21H24FN5O/c1-3-19-17-10-18(22)16(15-11-24-27(2)12-15)8-14(17)9-20(25-19)26-21(28)13-4-6-23-7-5-13/h8-13,23H,3-7H2,1-2H3,(H,25,26,28). The van der Waals surface area contributed by atoms with E-state index in [-0.39, 0.29) is 17.6 Å². The molecule has 0 radical (unpaired) electrons. The van der Waals surface area contributed by atoms with Crippen molar-refractivity contribution in [2.75, 3.05) is 18.4 Å². The van der Waals surface area contributed by atoms with Crippen molar-refractivity contribution in [2.24, 2.45) is 13.0 Å². The highest BCUT2D eigenvalue weighted by Crippen LogP contribution is 2.30. The number of hydrogen-bond donors (Lipinski definition) is 2. The van der Waals surface area contributed by atoms with Crippen LogP contribution >= 0.6 is 0 Å². The molecule has 0 bridgehead atoms.